The first-order chi connectivity index (χ1) is 10.0. The molecule has 0 fully saturated rings. The summed E-state index contributed by atoms with van der Waals surface area (Å²) in [7, 11) is -2.71. The topological polar surface area (TPSA) is 66.1 Å². The zero-order chi connectivity index (χ0) is 15.3. The molecule has 1 aromatic heterocycles. The van der Waals surface area contributed by atoms with Crippen molar-refractivity contribution in [3.63, 3.8) is 0 Å². The van der Waals surface area contributed by atoms with Crippen LogP contribution < -0.4 is 0 Å². The van der Waals surface area contributed by atoms with Crippen molar-refractivity contribution in [3.8, 4) is 6.19 Å². The van der Waals surface area contributed by atoms with Crippen molar-refractivity contribution in [1.82, 2.24) is 4.98 Å². The number of hydrogen-bond donors (Lipinski definition) is 0. The second-order valence-electron chi connectivity index (χ2n) is 4.65. The molecule has 1 aromatic carbocycles. The molecule has 0 aliphatic heterocycles. The van der Waals surface area contributed by atoms with E-state index in [2.05, 4.69) is 9.35 Å². The van der Waals surface area contributed by atoms with Crippen molar-refractivity contribution >= 4 is 21.3 Å². The van der Waals surface area contributed by atoms with E-state index in [1.165, 1.54) is 6.26 Å². The lowest BCUT2D eigenvalue weighted by Gasteiger charge is -2.18. The van der Waals surface area contributed by atoms with Gasteiger partial charge in [0.2, 0.25) is 6.19 Å². The minimum absolute atomic E-state index is 0.372. The lowest BCUT2D eigenvalue weighted by atomic mass is 10.1. The lowest BCUT2D eigenvalue weighted by Crippen LogP contribution is -2.14. The third-order valence-corrected chi connectivity index (χ3v) is 5.30. The van der Waals surface area contributed by atoms with E-state index in [1.54, 1.807) is 24.5 Å². The molecule has 2 unspecified atom stereocenters. The number of rotatable bonds is 4. The summed E-state index contributed by atoms with van der Waals surface area (Å²) in [4.78, 5) is 4.03. The molecule has 2 aromatic rings. The molecule has 0 bridgehead atoms. The van der Waals surface area contributed by atoms with Gasteiger partial charge in [-0.25, -0.2) is 9.19 Å². The summed E-state index contributed by atoms with van der Waals surface area (Å²) in [5.74, 6) is 0. The van der Waals surface area contributed by atoms with Crippen LogP contribution in [0.4, 0.5) is 0 Å². The molecule has 21 heavy (non-hydrogen) atoms. The van der Waals surface area contributed by atoms with Crippen LogP contribution in [0, 0.1) is 11.5 Å². The first-order valence-electron chi connectivity index (χ1n) is 6.27. The fourth-order valence-electron chi connectivity index (χ4n) is 2.08. The van der Waals surface area contributed by atoms with E-state index >= 15 is 0 Å². The SMILES string of the molecule is CS(=O)(=NC#N)C(Cc1ccccc1)c1ccc(Cl)nc1. The van der Waals surface area contributed by atoms with Gasteiger partial charge in [0.15, 0.2) is 0 Å². The van der Waals surface area contributed by atoms with E-state index in [0.717, 1.165) is 11.1 Å². The third kappa shape index (κ3) is 4.03. The van der Waals surface area contributed by atoms with Gasteiger partial charge in [-0.3, -0.25) is 0 Å². The fraction of sp³-hybridized carbons (Fsp3) is 0.200. The maximum absolute atomic E-state index is 12.7. The average molecular weight is 320 g/mol. The van der Waals surface area contributed by atoms with Crippen LogP contribution >= 0.6 is 11.6 Å². The molecule has 2 rings (SSSR count). The Morgan fingerprint density at radius 1 is 1.33 bits per heavy atom. The zero-order valence-electron chi connectivity index (χ0n) is 11.4. The molecule has 2 atom stereocenters. The van der Waals surface area contributed by atoms with E-state index in [0.29, 0.717) is 11.6 Å². The van der Waals surface area contributed by atoms with Gasteiger partial charge < -0.3 is 0 Å². The van der Waals surface area contributed by atoms with Gasteiger partial charge in [-0.15, -0.1) is 4.36 Å². The second-order valence-corrected chi connectivity index (χ2v) is 7.51. The average Bonchev–Trinajstić information content (AvgIpc) is 2.47. The van der Waals surface area contributed by atoms with Crippen LogP contribution in [0.25, 0.3) is 0 Å². The monoisotopic (exact) mass is 319 g/mol. The van der Waals surface area contributed by atoms with Crippen molar-refractivity contribution in [2.24, 2.45) is 4.36 Å². The van der Waals surface area contributed by atoms with Crippen molar-refractivity contribution in [2.45, 2.75) is 11.7 Å². The highest BCUT2D eigenvalue weighted by Gasteiger charge is 2.22. The van der Waals surface area contributed by atoms with E-state index < -0.39 is 15.0 Å². The maximum Gasteiger partial charge on any atom is 0.214 e. The standard InChI is InChI=1S/C15H14ClN3OS/c1-21(20,19-11-17)14(9-12-5-3-2-4-6-12)13-7-8-15(16)18-10-13/h2-8,10,14H,9H2,1H3. The Bertz CT molecular complexity index is 760. The van der Waals surface area contributed by atoms with Gasteiger partial charge in [0.1, 0.15) is 5.15 Å². The minimum Gasteiger partial charge on any atom is -0.248 e. The summed E-state index contributed by atoms with van der Waals surface area (Å²) in [5, 5.41) is 8.73. The van der Waals surface area contributed by atoms with Gasteiger partial charge in [-0.05, 0) is 23.6 Å². The molecule has 0 amide bonds. The van der Waals surface area contributed by atoms with Gasteiger partial charge in [-0.2, -0.15) is 5.26 Å². The van der Waals surface area contributed by atoms with Gasteiger partial charge >= 0.3 is 0 Å². The number of pyridine rings is 1. The van der Waals surface area contributed by atoms with Crippen molar-refractivity contribution in [2.75, 3.05) is 6.26 Å². The highest BCUT2D eigenvalue weighted by Crippen LogP contribution is 2.28. The van der Waals surface area contributed by atoms with Crippen LogP contribution in [-0.4, -0.2) is 15.4 Å². The number of hydrogen-bond acceptors (Lipinski definition) is 4. The van der Waals surface area contributed by atoms with Gasteiger partial charge in [0, 0.05) is 12.5 Å². The number of nitrogens with zero attached hydrogens (tertiary/aromatic N) is 3. The maximum atomic E-state index is 12.7. The fourth-order valence-corrected chi connectivity index (χ4v) is 3.62. The Kier molecular flexibility index (Phi) is 4.94. The van der Waals surface area contributed by atoms with Crippen molar-refractivity contribution in [3.05, 3.63) is 64.9 Å². The van der Waals surface area contributed by atoms with Gasteiger partial charge in [0.05, 0.1) is 15.0 Å². The Labute approximate surface area is 129 Å². The van der Waals surface area contributed by atoms with Crippen molar-refractivity contribution < 1.29 is 4.21 Å². The summed E-state index contributed by atoms with van der Waals surface area (Å²) >= 11 is 5.79. The molecule has 6 heteroatoms. The number of nitriles is 1. The first-order valence-corrected chi connectivity index (χ1v) is 8.64. The third-order valence-electron chi connectivity index (χ3n) is 3.14. The lowest BCUT2D eigenvalue weighted by molar-refractivity contribution is 0.667. The molecular weight excluding hydrogens is 306 g/mol. The molecular formula is C15H14ClN3OS. The normalized spacial score (nSPS) is 14.7. The summed E-state index contributed by atoms with van der Waals surface area (Å²) in [6.07, 6.45) is 5.26. The van der Waals surface area contributed by atoms with Crippen LogP contribution in [0.15, 0.2) is 53.0 Å². The molecule has 108 valence electrons. The Morgan fingerprint density at radius 2 is 2.05 bits per heavy atom. The molecule has 4 nitrogen and oxygen atoms in total. The highest BCUT2D eigenvalue weighted by molar-refractivity contribution is 7.93. The van der Waals surface area contributed by atoms with Crippen LogP contribution in [0.2, 0.25) is 5.15 Å². The van der Waals surface area contributed by atoms with Crippen molar-refractivity contribution in [1.29, 1.82) is 5.26 Å². The van der Waals surface area contributed by atoms with Crippen LogP contribution in [-0.2, 0) is 16.1 Å². The Morgan fingerprint density at radius 3 is 2.62 bits per heavy atom. The zero-order valence-corrected chi connectivity index (χ0v) is 13.0. The van der Waals surface area contributed by atoms with E-state index in [4.69, 9.17) is 16.9 Å². The first kappa shape index (κ1) is 15.5. The van der Waals surface area contributed by atoms with Crippen LogP contribution in [0.1, 0.15) is 16.4 Å². The highest BCUT2D eigenvalue weighted by atomic mass is 35.5. The molecule has 1 heterocycles. The number of halogens is 1. The summed E-state index contributed by atoms with van der Waals surface area (Å²) in [6.45, 7) is 0. The molecule has 0 radical (unpaired) electrons. The second kappa shape index (κ2) is 6.70. The van der Waals surface area contributed by atoms with Crippen LogP contribution in [0.3, 0.4) is 0 Å². The molecule has 0 saturated carbocycles. The van der Waals surface area contributed by atoms with Gasteiger partial charge in [-0.1, -0.05) is 48.0 Å². The van der Waals surface area contributed by atoms with Gasteiger partial charge in [0.25, 0.3) is 0 Å². The molecule has 0 aliphatic rings. The number of aromatic nitrogens is 1. The summed E-state index contributed by atoms with van der Waals surface area (Å²) in [5.41, 5.74) is 1.79. The minimum atomic E-state index is -2.71. The molecule has 0 saturated heterocycles. The van der Waals surface area contributed by atoms with E-state index in [1.807, 2.05) is 30.3 Å². The Hall–Kier alpha value is -1.90. The molecule has 0 aliphatic carbocycles. The predicted octanol–water partition coefficient (Wildman–Crippen LogP) is 3.60. The van der Waals surface area contributed by atoms with E-state index in [-0.39, 0.29) is 0 Å². The summed E-state index contributed by atoms with van der Waals surface area (Å²) in [6, 6.07) is 13.1. The Balaban J connectivity index is 2.45. The smallest absolute Gasteiger partial charge is 0.214 e. The number of benzene rings is 1. The van der Waals surface area contributed by atoms with Crippen LogP contribution in [0.5, 0.6) is 0 Å². The predicted molar refractivity (Wildman–Crippen MR) is 84.2 cm³/mol. The molecule has 0 N–H and O–H groups in total. The quantitative estimate of drug-likeness (QED) is 0.639. The largest absolute Gasteiger partial charge is 0.248 e. The summed E-state index contributed by atoms with van der Waals surface area (Å²) < 4.78 is 16.4. The van der Waals surface area contributed by atoms with E-state index in [9.17, 15) is 4.21 Å². The molecule has 0 spiro atoms.